The highest BCUT2D eigenvalue weighted by Gasteiger charge is 2.15. The van der Waals surface area contributed by atoms with E-state index in [9.17, 15) is 5.11 Å². The molecule has 1 aromatic carbocycles. The normalized spacial score (nSPS) is 9.40. The second-order valence-corrected chi connectivity index (χ2v) is 2.77. The maximum atomic E-state index is 9.55. The number of hydrogen-bond acceptors (Lipinski definition) is 4. The van der Waals surface area contributed by atoms with Crippen molar-refractivity contribution < 1.29 is 14.6 Å². The van der Waals surface area contributed by atoms with Crippen LogP contribution in [-0.4, -0.2) is 18.3 Å². The molecule has 0 bridgehead atoms. The molecule has 0 spiro atoms. The molecule has 0 atom stereocenters. The number of nitrogens with zero attached hydrogens (tertiary/aromatic N) is 1. The van der Waals surface area contributed by atoms with Gasteiger partial charge in [0.1, 0.15) is 6.07 Å². The number of aromatic hydroxyl groups is 1. The van der Waals surface area contributed by atoms with Crippen molar-refractivity contribution in [3.63, 3.8) is 0 Å². The Bertz CT molecular complexity index is 382. The summed E-state index contributed by atoms with van der Waals surface area (Å²) < 4.78 is 10.5. The molecule has 4 nitrogen and oxygen atoms in total. The summed E-state index contributed by atoms with van der Waals surface area (Å²) in [5.74, 6) is 0.527. The lowest BCUT2D eigenvalue weighted by atomic mass is 10.2. The van der Waals surface area contributed by atoms with Gasteiger partial charge in [0.15, 0.2) is 11.5 Å². The summed E-state index contributed by atoms with van der Waals surface area (Å²) in [6, 6.07) is 4.92. The van der Waals surface area contributed by atoms with Gasteiger partial charge in [-0.15, -0.1) is 0 Å². The van der Waals surface area contributed by atoms with E-state index in [1.54, 1.807) is 13.8 Å². The van der Waals surface area contributed by atoms with E-state index in [1.165, 1.54) is 12.1 Å². The Morgan fingerprint density at radius 2 is 1.80 bits per heavy atom. The third-order valence-electron chi connectivity index (χ3n) is 1.79. The van der Waals surface area contributed by atoms with Gasteiger partial charge in [0.25, 0.3) is 0 Å². The Morgan fingerprint density at radius 3 is 2.33 bits per heavy atom. The second-order valence-electron chi connectivity index (χ2n) is 2.77. The van der Waals surface area contributed by atoms with Gasteiger partial charge in [-0.25, -0.2) is 0 Å². The molecule has 0 fully saturated rings. The molecule has 15 heavy (non-hydrogen) atoms. The van der Waals surface area contributed by atoms with Gasteiger partial charge in [-0.05, 0) is 26.0 Å². The second kappa shape index (κ2) is 5.11. The van der Waals surface area contributed by atoms with E-state index in [-0.39, 0.29) is 11.5 Å². The Morgan fingerprint density at radius 1 is 1.20 bits per heavy atom. The van der Waals surface area contributed by atoms with Crippen LogP contribution < -0.4 is 9.47 Å². The summed E-state index contributed by atoms with van der Waals surface area (Å²) >= 11 is 0. The van der Waals surface area contributed by atoms with Gasteiger partial charge in [-0.2, -0.15) is 5.26 Å². The van der Waals surface area contributed by atoms with Crippen LogP contribution in [0.15, 0.2) is 12.1 Å². The molecule has 0 aliphatic carbocycles. The first-order valence-electron chi connectivity index (χ1n) is 4.76. The highest BCUT2D eigenvalue weighted by Crippen LogP contribution is 2.39. The number of phenolic OH excluding ortho intramolecular Hbond substituents is 1. The monoisotopic (exact) mass is 207 g/mol. The molecule has 4 heteroatoms. The standard InChI is InChI=1S/C11H13NO3/c1-3-14-10-8(7-12)5-6-9(13)11(10)15-4-2/h5-6,13H,3-4H2,1-2H3. The van der Waals surface area contributed by atoms with Gasteiger partial charge in [-0.1, -0.05) is 0 Å². The molecule has 1 rings (SSSR count). The molecule has 1 N–H and O–H groups in total. The van der Waals surface area contributed by atoms with E-state index in [2.05, 4.69) is 0 Å². The van der Waals surface area contributed by atoms with Crippen molar-refractivity contribution in [1.82, 2.24) is 0 Å². The number of ether oxygens (including phenoxy) is 2. The van der Waals surface area contributed by atoms with Crippen LogP contribution in [0.4, 0.5) is 0 Å². The van der Waals surface area contributed by atoms with Crippen LogP contribution in [0.1, 0.15) is 19.4 Å². The minimum absolute atomic E-state index is 0.0145. The number of rotatable bonds is 4. The van der Waals surface area contributed by atoms with Crippen molar-refractivity contribution in [3.05, 3.63) is 17.7 Å². The van der Waals surface area contributed by atoms with Crippen molar-refractivity contribution in [2.75, 3.05) is 13.2 Å². The lowest BCUT2D eigenvalue weighted by Gasteiger charge is -2.13. The molecule has 80 valence electrons. The van der Waals surface area contributed by atoms with Crippen LogP contribution in [-0.2, 0) is 0 Å². The Labute approximate surface area is 88.7 Å². The largest absolute Gasteiger partial charge is 0.504 e. The molecule has 0 saturated heterocycles. The fourth-order valence-electron chi connectivity index (χ4n) is 1.21. The van der Waals surface area contributed by atoms with Gasteiger partial charge in [0.2, 0.25) is 5.75 Å². The first-order chi connectivity index (χ1) is 7.24. The SMILES string of the molecule is CCOc1c(O)ccc(C#N)c1OCC. The van der Waals surface area contributed by atoms with E-state index in [0.29, 0.717) is 24.5 Å². The number of phenols is 1. The van der Waals surface area contributed by atoms with E-state index in [1.807, 2.05) is 6.07 Å². The third kappa shape index (κ3) is 2.32. The van der Waals surface area contributed by atoms with Crippen molar-refractivity contribution in [1.29, 1.82) is 5.26 Å². The maximum Gasteiger partial charge on any atom is 0.204 e. The van der Waals surface area contributed by atoms with Crippen molar-refractivity contribution in [2.24, 2.45) is 0 Å². The van der Waals surface area contributed by atoms with Gasteiger partial charge in [0.05, 0.1) is 18.8 Å². The Balaban J connectivity index is 3.24. The molecular formula is C11H13NO3. The number of hydrogen-bond donors (Lipinski definition) is 1. The molecule has 0 saturated carbocycles. The quantitative estimate of drug-likeness (QED) is 0.820. The fraction of sp³-hybridized carbons (Fsp3) is 0.364. The zero-order chi connectivity index (χ0) is 11.3. The van der Waals surface area contributed by atoms with Crippen LogP contribution in [0.25, 0.3) is 0 Å². The Kier molecular flexibility index (Phi) is 3.81. The number of benzene rings is 1. The minimum atomic E-state index is -0.0145. The summed E-state index contributed by atoms with van der Waals surface area (Å²) in [7, 11) is 0. The highest BCUT2D eigenvalue weighted by atomic mass is 16.5. The van der Waals surface area contributed by atoms with E-state index >= 15 is 0 Å². The summed E-state index contributed by atoms with van der Waals surface area (Å²) in [6.45, 7) is 4.43. The summed E-state index contributed by atoms with van der Waals surface area (Å²) in [5, 5.41) is 18.4. The molecule has 1 aromatic rings. The molecular weight excluding hydrogens is 194 g/mol. The van der Waals surface area contributed by atoms with E-state index in [0.717, 1.165) is 0 Å². The summed E-state index contributed by atoms with van der Waals surface area (Å²) in [4.78, 5) is 0. The third-order valence-corrected chi connectivity index (χ3v) is 1.79. The van der Waals surface area contributed by atoms with Gasteiger partial charge < -0.3 is 14.6 Å². The van der Waals surface area contributed by atoms with E-state index in [4.69, 9.17) is 14.7 Å². The highest BCUT2D eigenvalue weighted by molar-refractivity contribution is 5.59. The lowest BCUT2D eigenvalue weighted by molar-refractivity contribution is 0.274. The van der Waals surface area contributed by atoms with Gasteiger partial charge in [-0.3, -0.25) is 0 Å². The van der Waals surface area contributed by atoms with Crippen LogP contribution in [0.5, 0.6) is 17.2 Å². The molecule has 0 unspecified atom stereocenters. The van der Waals surface area contributed by atoms with Crippen molar-refractivity contribution in [3.8, 4) is 23.3 Å². The first-order valence-corrected chi connectivity index (χ1v) is 4.76. The average Bonchev–Trinajstić information content (AvgIpc) is 2.24. The Hall–Kier alpha value is -1.89. The van der Waals surface area contributed by atoms with Crippen LogP contribution in [0.2, 0.25) is 0 Å². The van der Waals surface area contributed by atoms with Crippen LogP contribution in [0, 0.1) is 11.3 Å². The minimum Gasteiger partial charge on any atom is -0.504 e. The van der Waals surface area contributed by atoms with Crippen molar-refractivity contribution >= 4 is 0 Å². The molecule has 0 amide bonds. The van der Waals surface area contributed by atoms with Gasteiger partial charge >= 0.3 is 0 Å². The first kappa shape index (κ1) is 11.2. The summed E-state index contributed by atoms with van der Waals surface area (Å²) in [5.41, 5.74) is 0.359. The predicted molar refractivity (Wildman–Crippen MR) is 55.2 cm³/mol. The predicted octanol–water partition coefficient (Wildman–Crippen LogP) is 2.06. The molecule has 0 heterocycles. The zero-order valence-corrected chi connectivity index (χ0v) is 8.78. The number of nitriles is 1. The van der Waals surface area contributed by atoms with E-state index < -0.39 is 0 Å². The van der Waals surface area contributed by atoms with Gasteiger partial charge in [0, 0.05) is 0 Å². The topological polar surface area (TPSA) is 62.5 Å². The smallest absolute Gasteiger partial charge is 0.204 e. The fourth-order valence-corrected chi connectivity index (χ4v) is 1.21. The van der Waals surface area contributed by atoms with Crippen LogP contribution >= 0.6 is 0 Å². The molecule has 0 aliphatic heterocycles. The molecule has 0 aromatic heterocycles. The lowest BCUT2D eigenvalue weighted by Crippen LogP contribution is -2.00. The zero-order valence-electron chi connectivity index (χ0n) is 8.78. The molecule has 0 radical (unpaired) electrons. The molecule has 0 aliphatic rings. The maximum absolute atomic E-state index is 9.55. The van der Waals surface area contributed by atoms with Crippen LogP contribution in [0.3, 0.4) is 0 Å². The van der Waals surface area contributed by atoms with Crippen molar-refractivity contribution in [2.45, 2.75) is 13.8 Å². The average molecular weight is 207 g/mol. The summed E-state index contributed by atoms with van der Waals surface area (Å²) in [6.07, 6.45) is 0.